The van der Waals surface area contributed by atoms with Crippen molar-refractivity contribution in [2.24, 2.45) is 0 Å². The van der Waals surface area contributed by atoms with Crippen molar-refractivity contribution in [2.75, 3.05) is 0 Å². The van der Waals surface area contributed by atoms with E-state index in [9.17, 15) is 20.0 Å². The predicted molar refractivity (Wildman–Crippen MR) is 88.2 cm³/mol. The zero-order valence-electron chi connectivity index (χ0n) is 12.7. The van der Waals surface area contributed by atoms with Crippen LogP contribution in [-0.4, -0.2) is 26.1 Å². The number of nitro benzene ring substituents is 1. The second kappa shape index (κ2) is 7.19. The molecule has 0 amide bonds. The number of pyridine rings is 1. The highest BCUT2D eigenvalue weighted by Gasteiger charge is 2.15. The van der Waals surface area contributed by atoms with Crippen molar-refractivity contribution in [2.45, 2.75) is 6.92 Å². The van der Waals surface area contributed by atoms with Gasteiger partial charge in [-0.2, -0.15) is 0 Å². The molecule has 0 saturated carbocycles. The Kier molecular flexibility index (Phi) is 5.06. The number of carboxylic acids is 1. The Morgan fingerprint density at radius 3 is 2.42 bits per heavy atom. The number of hydrogen-bond acceptors (Lipinski definition) is 5. The van der Waals surface area contributed by atoms with Crippen LogP contribution >= 0.6 is 0 Å². The monoisotopic (exact) mass is 326 g/mol. The van der Waals surface area contributed by atoms with E-state index in [2.05, 4.69) is 4.98 Å². The van der Waals surface area contributed by atoms with Gasteiger partial charge in [-0.3, -0.25) is 15.1 Å². The summed E-state index contributed by atoms with van der Waals surface area (Å²) in [6, 6.07) is 13.2. The molecule has 0 aliphatic heterocycles. The van der Waals surface area contributed by atoms with Crippen LogP contribution in [-0.2, 0) is 0 Å². The number of aryl methyl sites for hydroxylation is 1. The molecule has 7 nitrogen and oxygen atoms in total. The number of aromatic nitrogens is 1. The van der Waals surface area contributed by atoms with Gasteiger partial charge in [-0.1, -0.05) is 24.3 Å². The van der Waals surface area contributed by atoms with Crippen molar-refractivity contribution in [1.82, 2.24) is 4.98 Å². The molecule has 0 spiro atoms. The summed E-state index contributed by atoms with van der Waals surface area (Å²) < 4.78 is 0. The van der Waals surface area contributed by atoms with Crippen molar-refractivity contribution >= 4 is 22.6 Å². The molecule has 3 aromatic rings. The number of nitro groups is 1. The molecule has 2 aromatic carbocycles. The summed E-state index contributed by atoms with van der Waals surface area (Å²) in [4.78, 5) is 24.1. The van der Waals surface area contributed by atoms with Crippen LogP contribution in [0.15, 0.2) is 54.7 Å². The van der Waals surface area contributed by atoms with Crippen LogP contribution in [0.2, 0.25) is 0 Å². The first kappa shape index (κ1) is 16.9. The van der Waals surface area contributed by atoms with Crippen LogP contribution < -0.4 is 0 Å². The lowest BCUT2D eigenvalue weighted by atomic mass is 10.1. The van der Waals surface area contributed by atoms with Gasteiger partial charge in [0.05, 0.1) is 10.5 Å². The Morgan fingerprint density at radius 2 is 1.83 bits per heavy atom. The van der Waals surface area contributed by atoms with E-state index in [0.717, 1.165) is 5.56 Å². The summed E-state index contributed by atoms with van der Waals surface area (Å²) in [6.45, 7) is 1.78. The third-order valence-corrected chi connectivity index (χ3v) is 3.30. The fourth-order valence-corrected chi connectivity index (χ4v) is 2.08. The summed E-state index contributed by atoms with van der Waals surface area (Å²) in [7, 11) is 0. The molecule has 3 rings (SSSR count). The Bertz CT molecular complexity index is 908. The van der Waals surface area contributed by atoms with Crippen molar-refractivity contribution < 1.29 is 19.9 Å². The predicted octanol–water partition coefficient (Wildman–Crippen LogP) is 3.54. The molecule has 1 aromatic heterocycles. The molecule has 7 heteroatoms. The Balaban J connectivity index is 0.000000185. The van der Waals surface area contributed by atoms with Crippen LogP contribution in [0.3, 0.4) is 0 Å². The van der Waals surface area contributed by atoms with Crippen LogP contribution in [0.4, 0.5) is 5.69 Å². The number of benzene rings is 2. The smallest absolute Gasteiger partial charge is 0.335 e. The molecular weight excluding hydrogens is 312 g/mol. The number of phenolic OH excluding ortho intramolecular Hbond substituents is 1. The molecular formula is C17H14N2O5. The highest BCUT2D eigenvalue weighted by molar-refractivity contribution is 5.89. The lowest BCUT2D eigenvalue weighted by molar-refractivity contribution is -0.385. The van der Waals surface area contributed by atoms with E-state index >= 15 is 0 Å². The van der Waals surface area contributed by atoms with Gasteiger partial charge in [-0.15, -0.1) is 0 Å². The molecule has 2 N–H and O–H groups in total. The minimum absolute atomic E-state index is 0.252. The number of nitrogens with zero attached hydrogens (tertiary/aromatic N) is 2. The van der Waals surface area contributed by atoms with Crippen molar-refractivity contribution in [1.29, 1.82) is 0 Å². The first-order chi connectivity index (χ1) is 11.4. The summed E-state index contributed by atoms with van der Waals surface area (Å²) in [5.74, 6) is -1.24. The highest BCUT2D eigenvalue weighted by atomic mass is 16.6. The van der Waals surface area contributed by atoms with Crippen LogP contribution in [0.1, 0.15) is 15.9 Å². The lowest BCUT2D eigenvalue weighted by Crippen LogP contribution is -1.97. The van der Waals surface area contributed by atoms with E-state index in [1.165, 1.54) is 12.3 Å². The number of carbonyl (C=O) groups is 1. The first-order valence-electron chi connectivity index (χ1n) is 6.92. The van der Waals surface area contributed by atoms with E-state index in [1.54, 1.807) is 43.3 Å². The molecule has 122 valence electrons. The second-order valence-corrected chi connectivity index (χ2v) is 4.89. The average Bonchev–Trinajstić information content (AvgIpc) is 2.56. The minimum atomic E-state index is -0.863. The number of phenols is 1. The van der Waals surface area contributed by atoms with Gasteiger partial charge in [0.1, 0.15) is 5.52 Å². The molecule has 0 unspecified atom stereocenters. The summed E-state index contributed by atoms with van der Waals surface area (Å²) in [5.41, 5.74) is 1.11. The summed E-state index contributed by atoms with van der Waals surface area (Å²) in [6.07, 6.45) is 1.48. The number of hydrogen-bond donors (Lipinski definition) is 2. The maximum absolute atomic E-state index is 10.5. The molecule has 0 fully saturated rings. The molecule has 0 aliphatic rings. The lowest BCUT2D eigenvalue weighted by Gasteiger charge is -1.99. The van der Waals surface area contributed by atoms with Crippen molar-refractivity contribution in [3.05, 3.63) is 76.0 Å². The van der Waals surface area contributed by atoms with Gasteiger partial charge < -0.3 is 10.2 Å². The molecule has 0 saturated heterocycles. The van der Waals surface area contributed by atoms with Gasteiger partial charge in [-0.05, 0) is 30.7 Å². The standard InChI is InChI=1S/C9H6N2O3.C8H8O2/c12-9-7(11(13)14)4-3-6-2-1-5-10-8(6)9;1-6-4-2-3-5-7(6)8(9)10/h1-5,12H;2-5H,1H3,(H,9,10). The van der Waals surface area contributed by atoms with Crippen molar-refractivity contribution in [3.63, 3.8) is 0 Å². The van der Waals surface area contributed by atoms with Gasteiger partial charge in [-0.25, -0.2) is 4.79 Å². The summed E-state index contributed by atoms with van der Waals surface area (Å²) >= 11 is 0. The molecule has 0 atom stereocenters. The van der Waals surface area contributed by atoms with E-state index in [1.807, 2.05) is 6.07 Å². The number of aromatic carboxylic acids is 1. The Hall–Kier alpha value is -3.48. The number of fused-ring (bicyclic) bond motifs is 1. The third kappa shape index (κ3) is 3.64. The van der Waals surface area contributed by atoms with Crippen LogP contribution in [0.25, 0.3) is 10.9 Å². The maximum Gasteiger partial charge on any atom is 0.335 e. The molecule has 0 bridgehead atoms. The largest absolute Gasteiger partial charge is 0.501 e. The van der Waals surface area contributed by atoms with Gasteiger partial charge in [0.15, 0.2) is 0 Å². The van der Waals surface area contributed by atoms with E-state index < -0.39 is 10.9 Å². The fourth-order valence-electron chi connectivity index (χ4n) is 2.08. The number of carboxylic acid groups (broad SMARTS) is 1. The van der Waals surface area contributed by atoms with Gasteiger partial charge in [0, 0.05) is 17.6 Å². The molecule has 0 aliphatic carbocycles. The van der Waals surface area contributed by atoms with Gasteiger partial charge in [0.25, 0.3) is 0 Å². The Labute approximate surface area is 137 Å². The van der Waals surface area contributed by atoms with Crippen LogP contribution in [0, 0.1) is 17.0 Å². The maximum atomic E-state index is 10.5. The highest BCUT2D eigenvalue weighted by Crippen LogP contribution is 2.32. The third-order valence-electron chi connectivity index (χ3n) is 3.30. The first-order valence-corrected chi connectivity index (χ1v) is 6.92. The minimum Gasteiger partial charge on any atom is -0.501 e. The summed E-state index contributed by atoms with van der Waals surface area (Å²) in [5, 5.41) is 29.2. The zero-order valence-corrected chi connectivity index (χ0v) is 12.7. The fraction of sp³-hybridized carbons (Fsp3) is 0.0588. The SMILES string of the molecule is Cc1ccccc1C(=O)O.O=[N+]([O-])c1ccc2cccnc2c1O. The van der Waals surface area contributed by atoms with Gasteiger partial charge >= 0.3 is 11.7 Å². The normalized spacial score (nSPS) is 9.88. The zero-order chi connectivity index (χ0) is 17.7. The number of rotatable bonds is 2. The molecule has 24 heavy (non-hydrogen) atoms. The van der Waals surface area contributed by atoms with Crippen LogP contribution in [0.5, 0.6) is 5.75 Å². The van der Waals surface area contributed by atoms with E-state index in [4.69, 9.17) is 5.11 Å². The van der Waals surface area contributed by atoms with E-state index in [-0.39, 0.29) is 17.0 Å². The average molecular weight is 326 g/mol. The topological polar surface area (TPSA) is 114 Å². The number of aromatic hydroxyl groups is 1. The molecule has 1 heterocycles. The van der Waals surface area contributed by atoms with E-state index in [0.29, 0.717) is 10.9 Å². The van der Waals surface area contributed by atoms with Gasteiger partial charge in [0.2, 0.25) is 5.75 Å². The Morgan fingerprint density at radius 1 is 1.12 bits per heavy atom. The second-order valence-electron chi connectivity index (χ2n) is 4.89. The van der Waals surface area contributed by atoms with Crippen molar-refractivity contribution in [3.8, 4) is 5.75 Å². The molecule has 0 radical (unpaired) electrons. The quantitative estimate of drug-likeness (QED) is 0.550.